The van der Waals surface area contributed by atoms with Crippen molar-refractivity contribution in [2.75, 3.05) is 27.2 Å². The molecule has 1 aromatic carbocycles. The molecular weight excluding hydrogens is 232 g/mol. The van der Waals surface area contributed by atoms with E-state index in [-0.39, 0.29) is 17.1 Å². The van der Waals surface area contributed by atoms with E-state index in [0.29, 0.717) is 6.54 Å². The van der Waals surface area contributed by atoms with Crippen molar-refractivity contribution in [2.45, 2.75) is 12.8 Å². The van der Waals surface area contributed by atoms with Gasteiger partial charge in [-0.25, -0.2) is 0 Å². The van der Waals surface area contributed by atoms with Gasteiger partial charge in [-0.1, -0.05) is 6.07 Å². The maximum atomic E-state index is 11.7. The third-order valence-electron chi connectivity index (χ3n) is 2.57. The van der Waals surface area contributed by atoms with E-state index < -0.39 is 5.91 Å². The fraction of sp³-hybridized carbons (Fsp3) is 0.462. The average molecular weight is 252 g/mol. The number of carbonyl (C=O) groups excluding carboxylic acids is 1. The number of nitrogens with zero attached hydrogens (tertiary/aromatic N) is 1. The molecule has 1 aromatic rings. The van der Waals surface area contributed by atoms with Crippen molar-refractivity contribution in [2.24, 2.45) is 0 Å². The van der Waals surface area contributed by atoms with Crippen LogP contribution in [-0.2, 0) is 0 Å². The first-order valence-corrected chi connectivity index (χ1v) is 5.96. The highest BCUT2D eigenvalue weighted by Crippen LogP contribution is 2.25. The lowest BCUT2D eigenvalue weighted by Crippen LogP contribution is -2.25. The highest BCUT2D eigenvalue weighted by Gasteiger charge is 2.14. The third kappa shape index (κ3) is 4.25. The van der Waals surface area contributed by atoms with Crippen LogP contribution in [-0.4, -0.2) is 48.2 Å². The summed E-state index contributed by atoms with van der Waals surface area (Å²) in [5, 5.41) is 21.7. The van der Waals surface area contributed by atoms with Crippen LogP contribution < -0.4 is 5.32 Å². The SMILES string of the molecule is CN(C)CCCCNC(=O)c1c(O)cccc1O. The molecular formula is C13H20N2O3. The topological polar surface area (TPSA) is 72.8 Å². The molecule has 3 N–H and O–H groups in total. The molecule has 1 rings (SSSR count). The van der Waals surface area contributed by atoms with E-state index in [0.717, 1.165) is 19.4 Å². The predicted molar refractivity (Wildman–Crippen MR) is 69.9 cm³/mol. The molecule has 0 aromatic heterocycles. The second-order valence-electron chi connectivity index (χ2n) is 4.44. The van der Waals surface area contributed by atoms with E-state index >= 15 is 0 Å². The number of aromatic hydroxyl groups is 2. The van der Waals surface area contributed by atoms with Crippen molar-refractivity contribution < 1.29 is 15.0 Å². The summed E-state index contributed by atoms with van der Waals surface area (Å²) in [6.07, 6.45) is 1.85. The first-order chi connectivity index (χ1) is 8.52. The van der Waals surface area contributed by atoms with Gasteiger partial charge < -0.3 is 20.4 Å². The number of hydrogen-bond acceptors (Lipinski definition) is 4. The van der Waals surface area contributed by atoms with E-state index in [1.165, 1.54) is 18.2 Å². The number of benzene rings is 1. The summed E-state index contributed by atoms with van der Waals surface area (Å²) in [6.45, 7) is 1.50. The molecule has 0 heterocycles. The number of rotatable bonds is 6. The van der Waals surface area contributed by atoms with Gasteiger partial charge in [-0.05, 0) is 45.6 Å². The van der Waals surface area contributed by atoms with Crippen molar-refractivity contribution in [3.63, 3.8) is 0 Å². The standard InChI is InChI=1S/C13H20N2O3/c1-15(2)9-4-3-8-14-13(18)12-10(16)6-5-7-11(12)17/h5-7,16-17H,3-4,8-9H2,1-2H3,(H,14,18). The molecule has 1 amide bonds. The minimum atomic E-state index is -0.449. The summed E-state index contributed by atoms with van der Waals surface area (Å²) < 4.78 is 0. The maximum Gasteiger partial charge on any atom is 0.258 e. The molecule has 0 saturated carbocycles. The Morgan fingerprint density at radius 1 is 1.22 bits per heavy atom. The number of unbranched alkanes of at least 4 members (excludes halogenated alkanes) is 1. The zero-order chi connectivity index (χ0) is 13.5. The lowest BCUT2D eigenvalue weighted by atomic mass is 10.1. The Morgan fingerprint density at radius 3 is 2.39 bits per heavy atom. The summed E-state index contributed by atoms with van der Waals surface area (Å²) in [6, 6.07) is 4.24. The van der Waals surface area contributed by atoms with Crippen LogP contribution in [0.2, 0.25) is 0 Å². The van der Waals surface area contributed by atoms with Crippen LogP contribution in [0.1, 0.15) is 23.2 Å². The lowest BCUT2D eigenvalue weighted by Gasteiger charge is -2.10. The molecule has 0 unspecified atom stereocenters. The molecule has 18 heavy (non-hydrogen) atoms. The minimum Gasteiger partial charge on any atom is -0.507 e. The molecule has 0 aliphatic rings. The van der Waals surface area contributed by atoms with Crippen LogP contribution in [0.5, 0.6) is 11.5 Å². The Kier molecular flexibility index (Phi) is 5.45. The Balaban J connectivity index is 2.41. The largest absolute Gasteiger partial charge is 0.507 e. The van der Waals surface area contributed by atoms with E-state index in [9.17, 15) is 15.0 Å². The fourth-order valence-electron chi connectivity index (χ4n) is 1.60. The lowest BCUT2D eigenvalue weighted by molar-refractivity contribution is 0.0947. The monoisotopic (exact) mass is 252 g/mol. The van der Waals surface area contributed by atoms with Gasteiger partial charge in [0.25, 0.3) is 5.91 Å². The van der Waals surface area contributed by atoms with Crippen LogP contribution in [0, 0.1) is 0 Å². The van der Waals surface area contributed by atoms with Gasteiger partial charge in [0.15, 0.2) is 0 Å². The van der Waals surface area contributed by atoms with Gasteiger partial charge in [0, 0.05) is 6.54 Å². The van der Waals surface area contributed by atoms with E-state index in [2.05, 4.69) is 10.2 Å². The average Bonchev–Trinajstić information content (AvgIpc) is 2.27. The normalized spacial score (nSPS) is 10.6. The van der Waals surface area contributed by atoms with Crippen molar-refractivity contribution in [1.29, 1.82) is 0 Å². The summed E-state index contributed by atoms with van der Waals surface area (Å²) in [4.78, 5) is 13.8. The van der Waals surface area contributed by atoms with E-state index in [4.69, 9.17) is 0 Å². The molecule has 0 radical (unpaired) electrons. The van der Waals surface area contributed by atoms with Gasteiger partial charge in [-0.15, -0.1) is 0 Å². The third-order valence-corrected chi connectivity index (χ3v) is 2.57. The highest BCUT2D eigenvalue weighted by molar-refractivity contribution is 5.99. The van der Waals surface area contributed by atoms with Gasteiger partial charge >= 0.3 is 0 Å². The molecule has 0 atom stereocenters. The first kappa shape index (κ1) is 14.3. The summed E-state index contributed by atoms with van der Waals surface area (Å²) in [5.41, 5.74) is -0.0647. The van der Waals surface area contributed by atoms with Gasteiger partial charge in [0.2, 0.25) is 0 Å². The number of amides is 1. The van der Waals surface area contributed by atoms with Crippen LogP contribution in [0.15, 0.2) is 18.2 Å². The molecule has 0 spiro atoms. The smallest absolute Gasteiger partial charge is 0.258 e. The van der Waals surface area contributed by atoms with Gasteiger partial charge in [0.05, 0.1) is 0 Å². The number of hydrogen-bond donors (Lipinski definition) is 3. The first-order valence-electron chi connectivity index (χ1n) is 5.96. The Morgan fingerprint density at radius 2 is 1.83 bits per heavy atom. The number of phenols is 2. The fourth-order valence-corrected chi connectivity index (χ4v) is 1.60. The molecule has 0 fully saturated rings. The molecule has 5 heteroatoms. The zero-order valence-corrected chi connectivity index (χ0v) is 10.8. The Hall–Kier alpha value is -1.75. The van der Waals surface area contributed by atoms with Crippen LogP contribution >= 0.6 is 0 Å². The van der Waals surface area contributed by atoms with Gasteiger partial charge in [-0.3, -0.25) is 4.79 Å². The van der Waals surface area contributed by atoms with Crippen LogP contribution in [0.4, 0.5) is 0 Å². The predicted octanol–water partition coefficient (Wildman–Crippen LogP) is 1.17. The highest BCUT2D eigenvalue weighted by atomic mass is 16.3. The molecule has 0 aliphatic heterocycles. The number of carbonyl (C=O) groups is 1. The summed E-state index contributed by atoms with van der Waals surface area (Å²) in [5.74, 6) is -0.864. The van der Waals surface area contributed by atoms with E-state index in [1.54, 1.807) is 0 Å². The molecule has 100 valence electrons. The molecule has 0 aliphatic carbocycles. The van der Waals surface area contributed by atoms with Gasteiger partial charge in [0.1, 0.15) is 17.1 Å². The quantitative estimate of drug-likeness (QED) is 0.664. The van der Waals surface area contributed by atoms with Crippen molar-refractivity contribution >= 4 is 5.91 Å². The van der Waals surface area contributed by atoms with Crippen LogP contribution in [0.3, 0.4) is 0 Å². The second kappa shape index (κ2) is 6.86. The van der Waals surface area contributed by atoms with Crippen molar-refractivity contribution in [3.8, 4) is 11.5 Å². The Bertz CT molecular complexity index is 385. The van der Waals surface area contributed by atoms with E-state index in [1.807, 2.05) is 14.1 Å². The van der Waals surface area contributed by atoms with Crippen molar-refractivity contribution in [3.05, 3.63) is 23.8 Å². The Labute approximate surface area is 107 Å². The summed E-state index contributed by atoms with van der Waals surface area (Å²) >= 11 is 0. The molecule has 5 nitrogen and oxygen atoms in total. The van der Waals surface area contributed by atoms with Gasteiger partial charge in [-0.2, -0.15) is 0 Å². The minimum absolute atomic E-state index is 0.0647. The second-order valence-corrected chi connectivity index (χ2v) is 4.44. The van der Waals surface area contributed by atoms with Crippen LogP contribution in [0.25, 0.3) is 0 Å². The van der Waals surface area contributed by atoms with Crippen molar-refractivity contribution in [1.82, 2.24) is 10.2 Å². The summed E-state index contributed by atoms with van der Waals surface area (Å²) in [7, 11) is 4.00. The molecule has 0 saturated heterocycles. The zero-order valence-electron chi connectivity index (χ0n) is 10.8. The number of nitrogens with one attached hydrogen (secondary N) is 1. The molecule has 0 bridgehead atoms. The maximum absolute atomic E-state index is 11.7. The number of phenolic OH excluding ortho intramolecular Hbond substituents is 2.